The first-order chi connectivity index (χ1) is 7.27. The standard InChI is InChI=1S/C13H14O2/c1-3-4-8-12(14)10-11-7-5-6-9-13(11)15-2/h1,5-7,9H,4,8,10H2,2H3. The maximum absolute atomic E-state index is 11.5. The molecule has 0 N–H and O–H groups in total. The molecule has 0 unspecified atom stereocenters. The van der Waals surface area contributed by atoms with E-state index in [4.69, 9.17) is 11.2 Å². The van der Waals surface area contributed by atoms with Crippen molar-refractivity contribution in [3.05, 3.63) is 29.8 Å². The van der Waals surface area contributed by atoms with E-state index in [1.165, 1.54) is 0 Å². The molecule has 0 bridgehead atoms. The first-order valence-electron chi connectivity index (χ1n) is 4.85. The summed E-state index contributed by atoms with van der Waals surface area (Å²) in [5.41, 5.74) is 0.919. The van der Waals surface area contributed by atoms with Crippen LogP contribution in [-0.2, 0) is 11.2 Å². The van der Waals surface area contributed by atoms with Crippen molar-refractivity contribution in [1.29, 1.82) is 0 Å². The number of ether oxygens (including phenoxy) is 1. The highest BCUT2D eigenvalue weighted by molar-refractivity contribution is 5.81. The number of carbonyl (C=O) groups is 1. The number of terminal acetylenes is 1. The van der Waals surface area contributed by atoms with Crippen LogP contribution in [0.25, 0.3) is 0 Å². The van der Waals surface area contributed by atoms with Crippen molar-refractivity contribution in [3.8, 4) is 18.1 Å². The number of rotatable bonds is 5. The molecule has 0 atom stereocenters. The molecule has 0 saturated heterocycles. The van der Waals surface area contributed by atoms with Crippen molar-refractivity contribution in [2.45, 2.75) is 19.3 Å². The molecule has 0 aliphatic rings. The Labute approximate surface area is 90.3 Å². The second kappa shape index (κ2) is 5.87. The van der Waals surface area contributed by atoms with E-state index in [2.05, 4.69) is 5.92 Å². The highest BCUT2D eigenvalue weighted by Crippen LogP contribution is 2.18. The first kappa shape index (κ1) is 11.3. The van der Waals surface area contributed by atoms with E-state index in [-0.39, 0.29) is 5.78 Å². The van der Waals surface area contributed by atoms with Crippen molar-refractivity contribution >= 4 is 5.78 Å². The van der Waals surface area contributed by atoms with Crippen LogP contribution in [0.3, 0.4) is 0 Å². The van der Waals surface area contributed by atoms with Crippen molar-refractivity contribution in [2.24, 2.45) is 0 Å². The third-order valence-corrected chi connectivity index (χ3v) is 2.13. The fourth-order valence-electron chi connectivity index (χ4n) is 1.36. The predicted molar refractivity (Wildman–Crippen MR) is 59.8 cm³/mol. The molecule has 78 valence electrons. The topological polar surface area (TPSA) is 26.3 Å². The average molecular weight is 202 g/mol. The molecule has 0 heterocycles. The summed E-state index contributed by atoms with van der Waals surface area (Å²) in [5.74, 6) is 3.37. The van der Waals surface area contributed by atoms with Gasteiger partial charge in [-0.2, -0.15) is 0 Å². The zero-order valence-corrected chi connectivity index (χ0v) is 8.82. The van der Waals surface area contributed by atoms with Crippen molar-refractivity contribution in [2.75, 3.05) is 7.11 Å². The fraction of sp³-hybridized carbons (Fsp3) is 0.308. The normalized spacial score (nSPS) is 9.33. The largest absolute Gasteiger partial charge is 0.496 e. The Kier molecular flexibility index (Phi) is 4.43. The van der Waals surface area contributed by atoms with Crippen molar-refractivity contribution < 1.29 is 9.53 Å². The molecule has 2 nitrogen and oxygen atoms in total. The van der Waals surface area contributed by atoms with Crippen LogP contribution < -0.4 is 4.74 Å². The average Bonchev–Trinajstić information content (AvgIpc) is 2.27. The van der Waals surface area contributed by atoms with Gasteiger partial charge in [0.15, 0.2) is 0 Å². The van der Waals surface area contributed by atoms with Gasteiger partial charge in [-0.25, -0.2) is 0 Å². The minimum Gasteiger partial charge on any atom is -0.496 e. The van der Waals surface area contributed by atoms with E-state index in [9.17, 15) is 4.79 Å². The molecule has 1 aromatic carbocycles. The quantitative estimate of drug-likeness (QED) is 0.684. The van der Waals surface area contributed by atoms with E-state index >= 15 is 0 Å². The van der Waals surface area contributed by atoms with E-state index in [0.717, 1.165) is 11.3 Å². The van der Waals surface area contributed by atoms with Crippen LogP contribution in [0.1, 0.15) is 18.4 Å². The number of benzene rings is 1. The van der Waals surface area contributed by atoms with Gasteiger partial charge in [0.05, 0.1) is 7.11 Å². The molecule has 0 spiro atoms. The Morgan fingerprint density at radius 2 is 2.20 bits per heavy atom. The van der Waals surface area contributed by atoms with E-state index in [1.807, 2.05) is 24.3 Å². The van der Waals surface area contributed by atoms with Crippen molar-refractivity contribution in [1.82, 2.24) is 0 Å². The summed E-state index contributed by atoms with van der Waals surface area (Å²) < 4.78 is 5.16. The van der Waals surface area contributed by atoms with E-state index < -0.39 is 0 Å². The summed E-state index contributed by atoms with van der Waals surface area (Å²) in [4.78, 5) is 11.5. The Morgan fingerprint density at radius 1 is 1.47 bits per heavy atom. The molecular formula is C13H14O2. The molecule has 1 rings (SSSR count). The third-order valence-electron chi connectivity index (χ3n) is 2.13. The molecule has 0 fully saturated rings. The number of Topliss-reactive ketones (excluding diaryl/α,β-unsaturated/α-hetero) is 1. The predicted octanol–water partition coefficient (Wildman–Crippen LogP) is 2.22. The van der Waals surface area contributed by atoms with E-state index in [1.54, 1.807) is 7.11 Å². The summed E-state index contributed by atoms with van der Waals surface area (Å²) in [6.07, 6.45) is 6.44. The van der Waals surface area contributed by atoms with Crippen LogP contribution in [-0.4, -0.2) is 12.9 Å². The zero-order valence-electron chi connectivity index (χ0n) is 8.82. The van der Waals surface area contributed by atoms with Crippen molar-refractivity contribution in [3.63, 3.8) is 0 Å². The molecule has 0 aromatic heterocycles. The van der Waals surface area contributed by atoms with Crippen LogP contribution >= 0.6 is 0 Å². The maximum Gasteiger partial charge on any atom is 0.138 e. The highest BCUT2D eigenvalue weighted by atomic mass is 16.5. The van der Waals surface area contributed by atoms with E-state index in [0.29, 0.717) is 19.3 Å². The van der Waals surface area contributed by atoms with Crippen LogP contribution in [0.15, 0.2) is 24.3 Å². The number of para-hydroxylation sites is 1. The lowest BCUT2D eigenvalue weighted by molar-refractivity contribution is -0.118. The van der Waals surface area contributed by atoms with Gasteiger partial charge in [0.25, 0.3) is 0 Å². The molecule has 0 aliphatic heterocycles. The lowest BCUT2D eigenvalue weighted by Gasteiger charge is -2.06. The Balaban J connectivity index is 2.64. The SMILES string of the molecule is C#CCCC(=O)Cc1ccccc1OC. The van der Waals surface area contributed by atoms with Gasteiger partial charge in [-0.15, -0.1) is 12.3 Å². The number of ketones is 1. The Hall–Kier alpha value is -1.75. The third kappa shape index (κ3) is 3.47. The first-order valence-corrected chi connectivity index (χ1v) is 4.85. The molecule has 0 saturated carbocycles. The highest BCUT2D eigenvalue weighted by Gasteiger charge is 2.07. The second-order valence-corrected chi connectivity index (χ2v) is 3.23. The maximum atomic E-state index is 11.5. The van der Waals surface area contributed by atoms with Gasteiger partial charge < -0.3 is 4.74 Å². The molecular weight excluding hydrogens is 188 g/mol. The summed E-state index contributed by atoms with van der Waals surface area (Å²) >= 11 is 0. The smallest absolute Gasteiger partial charge is 0.138 e. The molecule has 0 aliphatic carbocycles. The van der Waals surface area contributed by atoms with Gasteiger partial charge >= 0.3 is 0 Å². The number of hydrogen-bond donors (Lipinski definition) is 0. The molecule has 15 heavy (non-hydrogen) atoms. The molecule has 0 amide bonds. The summed E-state index contributed by atoms with van der Waals surface area (Å²) in [6.45, 7) is 0. The minimum atomic E-state index is 0.150. The lowest BCUT2D eigenvalue weighted by atomic mass is 10.1. The molecule has 1 aromatic rings. The summed E-state index contributed by atoms with van der Waals surface area (Å²) in [6, 6.07) is 7.52. The van der Waals surface area contributed by atoms with Gasteiger partial charge in [0.1, 0.15) is 11.5 Å². The van der Waals surface area contributed by atoms with Crippen LogP contribution in [0.2, 0.25) is 0 Å². The fourth-order valence-corrected chi connectivity index (χ4v) is 1.36. The monoisotopic (exact) mass is 202 g/mol. The van der Waals surface area contributed by atoms with Gasteiger partial charge in [-0.05, 0) is 6.07 Å². The second-order valence-electron chi connectivity index (χ2n) is 3.23. The molecule has 2 heteroatoms. The van der Waals surface area contributed by atoms with Crippen LogP contribution in [0.5, 0.6) is 5.75 Å². The summed E-state index contributed by atoms with van der Waals surface area (Å²) in [7, 11) is 1.60. The lowest BCUT2D eigenvalue weighted by Crippen LogP contribution is -2.03. The number of carbonyl (C=O) groups excluding carboxylic acids is 1. The van der Waals surface area contributed by atoms with Crippen LogP contribution in [0, 0.1) is 12.3 Å². The van der Waals surface area contributed by atoms with Crippen LogP contribution in [0.4, 0.5) is 0 Å². The zero-order chi connectivity index (χ0) is 11.1. The Morgan fingerprint density at radius 3 is 2.87 bits per heavy atom. The Bertz CT molecular complexity index is 374. The van der Waals surface area contributed by atoms with Gasteiger partial charge in [0, 0.05) is 24.8 Å². The minimum absolute atomic E-state index is 0.150. The van der Waals surface area contributed by atoms with Gasteiger partial charge in [0.2, 0.25) is 0 Å². The summed E-state index contributed by atoms with van der Waals surface area (Å²) in [5, 5.41) is 0. The molecule has 0 radical (unpaired) electrons. The van der Waals surface area contributed by atoms with Gasteiger partial charge in [-0.1, -0.05) is 18.2 Å². The number of hydrogen-bond acceptors (Lipinski definition) is 2. The van der Waals surface area contributed by atoms with Gasteiger partial charge in [-0.3, -0.25) is 4.79 Å². The number of methoxy groups -OCH3 is 1.